The number of pyridine rings is 1. The maximum absolute atomic E-state index is 12.3. The van der Waals surface area contributed by atoms with Gasteiger partial charge in [-0.25, -0.2) is 4.98 Å². The van der Waals surface area contributed by atoms with Gasteiger partial charge in [0.05, 0.1) is 6.54 Å². The average Bonchev–Trinajstić information content (AvgIpc) is 3.11. The van der Waals surface area contributed by atoms with E-state index < -0.39 is 6.10 Å². The minimum Gasteiger partial charge on any atom is -0.367 e. The van der Waals surface area contributed by atoms with Crippen molar-refractivity contribution in [2.75, 3.05) is 7.11 Å². The van der Waals surface area contributed by atoms with Crippen LogP contribution in [0, 0.1) is 0 Å². The number of carbonyl (C=O) groups is 1. The average molecular weight is 323 g/mol. The Hall–Kier alpha value is -3.06. The van der Waals surface area contributed by atoms with Crippen LogP contribution in [0.4, 0.5) is 0 Å². The van der Waals surface area contributed by atoms with E-state index in [0.717, 1.165) is 11.1 Å². The number of benzene rings is 1. The zero-order valence-corrected chi connectivity index (χ0v) is 13.1. The predicted octanol–water partition coefficient (Wildman–Crippen LogP) is 1.87. The highest BCUT2D eigenvalue weighted by molar-refractivity contribution is 5.82. The van der Waals surface area contributed by atoms with Crippen LogP contribution in [-0.4, -0.2) is 33.2 Å². The highest BCUT2D eigenvalue weighted by atomic mass is 16.5. The smallest absolute Gasteiger partial charge is 0.254 e. The molecule has 0 fully saturated rings. The molecule has 3 aromatic rings. The summed E-state index contributed by atoms with van der Waals surface area (Å²) in [5.74, 6) is 0.900. The normalized spacial score (nSPS) is 11.9. The second kappa shape index (κ2) is 7.47. The van der Waals surface area contributed by atoms with Crippen molar-refractivity contribution in [3.8, 4) is 11.4 Å². The van der Waals surface area contributed by atoms with E-state index in [0.29, 0.717) is 11.6 Å². The van der Waals surface area contributed by atoms with Gasteiger partial charge in [0.15, 0.2) is 11.9 Å². The molecule has 0 saturated heterocycles. The molecule has 7 nitrogen and oxygen atoms in total. The van der Waals surface area contributed by atoms with Crippen molar-refractivity contribution in [2.45, 2.75) is 12.6 Å². The Morgan fingerprint density at radius 3 is 2.67 bits per heavy atom. The second-order valence-electron chi connectivity index (χ2n) is 5.09. The molecule has 24 heavy (non-hydrogen) atoms. The number of hydrogen-bond donors (Lipinski definition) is 2. The van der Waals surface area contributed by atoms with E-state index in [1.54, 1.807) is 12.4 Å². The molecular weight excluding hydrogens is 306 g/mol. The number of ether oxygens (including phenoxy) is 1. The Balaban J connectivity index is 1.63. The first-order valence-corrected chi connectivity index (χ1v) is 7.45. The Morgan fingerprint density at radius 1 is 1.21 bits per heavy atom. The van der Waals surface area contributed by atoms with Crippen LogP contribution in [0.1, 0.15) is 17.5 Å². The number of nitrogens with one attached hydrogen (secondary N) is 2. The molecule has 0 aliphatic rings. The zero-order chi connectivity index (χ0) is 16.8. The Bertz CT molecular complexity index is 789. The van der Waals surface area contributed by atoms with Crippen molar-refractivity contribution in [3.63, 3.8) is 0 Å². The highest BCUT2D eigenvalue weighted by Gasteiger charge is 2.19. The lowest BCUT2D eigenvalue weighted by atomic mass is 10.1. The van der Waals surface area contributed by atoms with E-state index >= 15 is 0 Å². The van der Waals surface area contributed by atoms with Gasteiger partial charge in [-0.3, -0.25) is 14.9 Å². The first kappa shape index (κ1) is 15.8. The van der Waals surface area contributed by atoms with Crippen molar-refractivity contribution in [2.24, 2.45) is 0 Å². The molecule has 0 spiro atoms. The molecule has 0 bridgehead atoms. The van der Waals surface area contributed by atoms with E-state index in [1.807, 2.05) is 42.5 Å². The fourth-order valence-corrected chi connectivity index (χ4v) is 2.29. The third-order valence-corrected chi connectivity index (χ3v) is 3.48. The van der Waals surface area contributed by atoms with Crippen LogP contribution in [0.5, 0.6) is 0 Å². The molecule has 0 saturated carbocycles. The molecule has 3 rings (SSSR count). The van der Waals surface area contributed by atoms with Gasteiger partial charge in [0, 0.05) is 25.1 Å². The van der Waals surface area contributed by atoms with Gasteiger partial charge in [0.2, 0.25) is 0 Å². The maximum Gasteiger partial charge on any atom is 0.254 e. The van der Waals surface area contributed by atoms with Crippen LogP contribution in [0.25, 0.3) is 11.4 Å². The van der Waals surface area contributed by atoms with Gasteiger partial charge < -0.3 is 10.1 Å². The molecule has 2 aromatic heterocycles. The van der Waals surface area contributed by atoms with Crippen LogP contribution in [0.2, 0.25) is 0 Å². The molecule has 1 amide bonds. The van der Waals surface area contributed by atoms with E-state index in [2.05, 4.69) is 25.5 Å². The van der Waals surface area contributed by atoms with Crippen LogP contribution < -0.4 is 5.32 Å². The molecule has 2 N–H and O–H groups in total. The number of aromatic amines is 1. The quantitative estimate of drug-likeness (QED) is 0.722. The minimum absolute atomic E-state index is 0.231. The zero-order valence-electron chi connectivity index (χ0n) is 13.1. The third kappa shape index (κ3) is 3.64. The third-order valence-electron chi connectivity index (χ3n) is 3.48. The molecule has 0 radical (unpaired) electrons. The molecule has 0 aliphatic heterocycles. The first-order valence-electron chi connectivity index (χ1n) is 7.45. The lowest BCUT2D eigenvalue weighted by molar-refractivity contribution is -0.131. The first-order chi connectivity index (χ1) is 11.8. The van der Waals surface area contributed by atoms with Gasteiger partial charge in [-0.05, 0) is 17.7 Å². The van der Waals surface area contributed by atoms with E-state index in [-0.39, 0.29) is 12.5 Å². The lowest BCUT2D eigenvalue weighted by Gasteiger charge is -2.14. The Morgan fingerprint density at radius 2 is 1.96 bits per heavy atom. The molecule has 122 valence electrons. The summed E-state index contributed by atoms with van der Waals surface area (Å²) in [6.07, 6.45) is 2.70. The van der Waals surface area contributed by atoms with Crippen molar-refractivity contribution < 1.29 is 9.53 Å². The van der Waals surface area contributed by atoms with Crippen LogP contribution in [0.3, 0.4) is 0 Å². The molecule has 0 aliphatic carbocycles. The summed E-state index contributed by atoms with van der Waals surface area (Å²) in [5.41, 5.74) is 1.66. The van der Waals surface area contributed by atoms with Crippen LogP contribution >= 0.6 is 0 Å². The molecule has 1 atom stereocenters. The van der Waals surface area contributed by atoms with Crippen molar-refractivity contribution >= 4 is 5.91 Å². The fraction of sp³-hybridized carbons (Fsp3) is 0.176. The van der Waals surface area contributed by atoms with E-state index in [1.165, 1.54) is 7.11 Å². The summed E-state index contributed by atoms with van der Waals surface area (Å²) >= 11 is 0. The molecule has 1 unspecified atom stereocenters. The fourth-order valence-electron chi connectivity index (χ4n) is 2.29. The molecular formula is C17H17N5O2. The number of H-pyrrole nitrogens is 1. The minimum atomic E-state index is -0.659. The summed E-state index contributed by atoms with van der Waals surface area (Å²) in [4.78, 5) is 20.6. The Kier molecular flexibility index (Phi) is 4.93. The van der Waals surface area contributed by atoms with E-state index in [4.69, 9.17) is 4.74 Å². The summed E-state index contributed by atoms with van der Waals surface area (Å²) in [6.45, 7) is 0.240. The number of rotatable bonds is 6. The van der Waals surface area contributed by atoms with Gasteiger partial charge in [-0.15, -0.1) is 0 Å². The number of amides is 1. The Labute approximate surface area is 139 Å². The van der Waals surface area contributed by atoms with Crippen LogP contribution in [0.15, 0.2) is 54.9 Å². The van der Waals surface area contributed by atoms with Crippen molar-refractivity contribution in [3.05, 3.63) is 66.2 Å². The van der Waals surface area contributed by atoms with Gasteiger partial charge in [-0.1, -0.05) is 30.3 Å². The summed E-state index contributed by atoms with van der Waals surface area (Å²) in [7, 11) is 1.51. The van der Waals surface area contributed by atoms with Gasteiger partial charge in [0.25, 0.3) is 5.91 Å². The largest absolute Gasteiger partial charge is 0.367 e. The van der Waals surface area contributed by atoms with Crippen molar-refractivity contribution in [1.82, 2.24) is 25.5 Å². The number of methoxy groups -OCH3 is 1. The molecule has 2 heterocycles. The lowest BCUT2D eigenvalue weighted by Crippen LogP contribution is -2.30. The van der Waals surface area contributed by atoms with Gasteiger partial charge in [-0.2, -0.15) is 5.10 Å². The number of nitrogens with zero attached hydrogens (tertiary/aromatic N) is 3. The number of aromatic nitrogens is 4. The monoisotopic (exact) mass is 323 g/mol. The predicted molar refractivity (Wildman–Crippen MR) is 87.7 cm³/mol. The highest BCUT2D eigenvalue weighted by Crippen LogP contribution is 2.16. The van der Waals surface area contributed by atoms with E-state index in [9.17, 15) is 4.79 Å². The summed E-state index contributed by atoms with van der Waals surface area (Å²) in [6, 6.07) is 13.0. The summed E-state index contributed by atoms with van der Waals surface area (Å²) < 4.78 is 5.30. The topological polar surface area (TPSA) is 92.8 Å². The second-order valence-corrected chi connectivity index (χ2v) is 5.09. The summed E-state index contributed by atoms with van der Waals surface area (Å²) in [5, 5.41) is 9.76. The number of carbonyl (C=O) groups excluding carboxylic acids is 1. The number of hydrogen-bond acceptors (Lipinski definition) is 5. The standard InChI is InChI=1S/C17H17N5O2/c1-24-15(12-5-3-2-4-6-12)17(23)19-11-14-20-16(22-21-14)13-7-9-18-10-8-13/h2-10,15H,11H2,1H3,(H,19,23)(H,20,21,22). The van der Waals surface area contributed by atoms with Gasteiger partial charge in [0.1, 0.15) is 5.82 Å². The maximum atomic E-state index is 12.3. The SMILES string of the molecule is COC(C(=O)NCc1nc(-c2ccncc2)n[nH]1)c1ccccc1. The van der Waals surface area contributed by atoms with Crippen molar-refractivity contribution in [1.29, 1.82) is 0 Å². The van der Waals surface area contributed by atoms with Crippen LogP contribution in [-0.2, 0) is 16.1 Å². The van der Waals surface area contributed by atoms with Gasteiger partial charge >= 0.3 is 0 Å². The molecule has 7 heteroatoms. The molecule has 1 aromatic carbocycles.